The Morgan fingerprint density at radius 3 is 3.08 bits per heavy atom. The molecule has 0 aliphatic carbocycles. The summed E-state index contributed by atoms with van der Waals surface area (Å²) in [6.45, 7) is 4.26. The number of aryl methyl sites for hydroxylation is 1. The first-order chi connectivity index (χ1) is 6.40. The largest absolute Gasteiger partial charge is 0.316 e. The average Bonchev–Trinajstić information content (AvgIpc) is 2.67. The van der Waals surface area contributed by atoms with Crippen molar-refractivity contribution in [3.8, 4) is 0 Å². The fourth-order valence-electron chi connectivity index (χ4n) is 1.72. The number of nitrogens with one attached hydrogen (secondary N) is 2. The fraction of sp³-hybridized carbons (Fsp3) is 0.778. The Hall–Kier alpha value is -0.900. The molecule has 4 heteroatoms. The van der Waals surface area contributed by atoms with E-state index in [0.717, 1.165) is 31.2 Å². The Morgan fingerprint density at radius 2 is 2.46 bits per heavy atom. The van der Waals surface area contributed by atoms with Crippen LogP contribution >= 0.6 is 0 Å². The minimum Gasteiger partial charge on any atom is -0.316 e. The normalized spacial score (nSPS) is 23.3. The first-order valence-corrected chi connectivity index (χ1v) is 5.02. The third-order valence-corrected chi connectivity index (χ3v) is 2.55. The predicted molar refractivity (Wildman–Crippen MR) is 50.6 cm³/mol. The molecule has 0 aromatic carbocycles. The highest BCUT2D eigenvalue weighted by Gasteiger charge is 2.18. The molecule has 1 aliphatic heterocycles. The summed E-state index contributed by atoms with van der Waals surface area (Å²) < 4.78 is 0. The highest BCUT2D eigenvalue weighted by Crippen LogP contribution is 2.19. The van der Waals surface area contributed by atoms with E-state index >= 15 is 0 Å². The summed E-state index contributed by atoms with van der Waals surface area (Å²) in [6.07, 6.45) is 3.39. The third kappa shape index (κ3) is 1.88. The number of hydrogen-bond acceptors (Lipinski definition) is 3. The van der Waals surface area contributed by atoms with Gasteiger partial charge in [0.1, 0.15) is 5.82 Å². The number of aromatic amines is 1. The monoisotopic (exact) mass is 180 g/mol. The van der Waals surface area contributed by atoms with Crippen molar-refractivity contribution >= 4 is 0 Å². The first-order valence-electron chi connectivity index (χ1n) is 5.02. The van der Waals surface area contributed by atoms with E-state index in [0.29, 0.717) is 5.92 Å². The van der Waals surface area contributed by atoms with Crippen molar-refractivity contribution < 1.29 is 0 Å². The topological polar surface area (TPSA) is 53.6 Å². The maximum atomic E-state index is 4.45. The number of H-pyrrole nitrogens is 1. The Kier molecular flexibility index (Phi) is 2.59. The van der Waals surface area contributed by atoms with Gasteiger partial charge in [0.05, 0.1) is 0 Å². The van der Waals surface area contributed by atoms with Crippen LogP contribution in [0.4, 0.5) is 0 Å². The van der Waals surface area contributed by atoms with Crippen LogP contribution in [0.25, 0.3) is 0 Å². The molecule has 13 heavy (non-hydrogen) atoms. The summed E-state index contributed by atoms with van der Waals surface area (Å²) in [5.41, 5.74) is 0. The van der Waals surface area contributed by atoms with Gasteiger partial charge < -0.3 is 5.32 Å². The van der Waals surface area contributed by atoms with Crippen molar-refractivity contribution in [2.45, 2.75) is 32.1 Å². The molecule has 72 valence electrons. The van der Waals surface area contributed by atoms with E-state index in [1.807, 2.05) is 0 Å². The molecular formula is C9H16N4. The van der Waals surface area contributed by atoms with E-state index in [4.69, 9.17) is 0 Å². The van der Waals surface area contributed by atoms with Crippen molar-refractivity contribution in [2.24, 2.45) is 0 Å². The molecule has 1 aromatic rings. The molecule has 0 amide bonds. The smallest absolute Gasteiger partial charge is 0.155 e. The lowest BCUT2D eigenvalue weighted by Gasteiger charge is -2.19. The van der Waals surface area contributed by atoms with Crippen molar-refractivity contribution in [2.75, 3.05) is 13.1 Å². The zero-order valence-electron chi connectivity index (χ0n) is 8.01. The maximum absolute atomic E-state index is 4.45. The van der Waals surface area contributed by atoms with Crippen molar-refractivity contribution in [1.82, 2.24) is 20.5 Å². The average molecular weight is 180 g/mol. The summed E-state index contributed by atoms with van der Waals surface area (Å²) in [7, 11) is 0. The van der Waals surface area contributed by atoms with Crippen molar-refractivity contribution in [1.29, 1.82) is 0 Å². The van der Waals surface area contributed by atoms with Gasteiger partial charge in [-0.1, -0.05) is 6.92 Å². The number of rotatable bonds is 2. The molecule has 0 radical (unpaired) electrons. The van der Waals surface area contributed by atoms with Crippen LogP contribution in [0, 0.1) is 0 Å². The van der Waals surface area contributed by atoms with Gasteiger partial charge in [-0.25, -0.2) is 4.98 Å². The second-order valence-corrected chi connectivity index (χ2v) is 3.54. The van der Waals surface area contributed by atoms with Gasteiger partial charge in [-0.05, 0) is 19.4 Å². The number of nitrogens with zero attached hydrogens (tertiary/aromatic N) is 2. The van der Waals surface area contributed by atoms with Crippen LogP contribution in [-0.2, 0) is 6.42 Å². The van der Waals surface area contributed by atoms with E-state index in [-0.39, 0.29) is 0 Å². The second kappa shape index (κ2) is 3.87. The second-order valence-electron chi connectivity index (χ2n) is 3.54. The molecule has 0 bridgehead atoms. The maximum Gasteiger partial charge on any atom is 0.155 e. The minimum atomic E-state index is 0.519. The van der Waals surface area contributed by atoms with Gasteiger partial charge in [-0.2, -0.15) is 5.10 Å². The number of hydrogen-bond donors (Lipinski definition) is 2. The molecule has 2 N–H and O–H groups in total. The zero-order chi connectivity index (χ0) is 9.10. The predicted octanol–water partition coefficient (Wildman–Crippen LogP) is 0.834. The number of aromatic nitrogens is 3. The van der Waals surface area contributed by atoms with Crippen LogP contribution in [0.2, 0.25) is 0 Å². The van der Waals surface area contributed by atoms with Gasteiger partial charge in [0.2, 0.25) is 0 Å². The Bertz CT molecular complexity index is 262. The standard InChI is InChI=1S/C9H16N4/c1-2-8-11-9(13-12-8)7-4-3-5-10-6-7/h7,10H,2-6H2,1H3,(H,11,12,13)/t7-/m1/s1. The quantitative estimate of drug-likeness (QED) is 0.709. The first kappa shape index (κ1) is 8.69. The molecule has 1 fully saturated rings. The molecule has 2 heterocycles. The molecular weight excluding hydrogens is 164 g/mol. The molecule has 1 atom stereocenters. The summed E-state index contributed by atoms with van der Waals surface area (Å²) in [4.78, 5) is 4.45. The van der Waals surface area contributed by atoms with Crippen LogP contribution in [0.15, 0.2) is 0 Å². The van der Waals surface area contributed by atoms with E-state index in [1.54, 1.807) is 0 Å². The molecule has 0 spiro atoms. The highest BCUT2D eigenvalue weighted by molar-refractivity contribution is 4.99. The van der Waals surface area contributed by atoms with Crippen LogP contribution in [-0.4, -0.2) is 28.3 Å². The van der Waals surface area contributed by atoms with E-state index in [2.05, 4.69) is 27.4 Å². The lowest BCUT2D eigenvalue weighted by atomic mass is 9.99. The molecule has 1 saturated heterocycles. The highest BCUT2D eigenvalue weighted by atomic mass is 15.2. The van der Waals surface area contributed by atoms with Crippen LogP contribution in [0.3, 0.4) is 0 Å². The molecule has 1 aromatic heterocycles. The van der Waals surface area contributed by atoms with Crippen molar-refractivity contribution in [3.05, 3.63) is 11.6 Å². The van der Waals surface area contributed by atoms with E-state index < -0.39 is 0 Å². The lowest BCUT2D eigenvalue weighted by Crippen LogP contribution is -2.28. The lowest BCUT2D eigenvalue weighted by molar-refractivity contribution is 0.447. The Balaban J connectivity index is 2.05. The molecule has 0 saturated carbocycles. The van der Waals surface area contributed by atoms with Crippen molar-refractivity contribution in [3.63, 3.8) is 0 Å². The van der Waals surface area contributed by atoms with E-state index in [1.165, 1.54) is 12.8 Å². The zero-order valence-corrected chi connectivity index (χ0v) is 8.01. The van der Waals surface area contributed by atoms with E-state index in [9.17, 15) is 0 Å². The van der Waals surface area contributed by atoms with Gasteiger partial charge in [-0.3, -0.25) is 5.10 Å². The number of piperidine rings is 1. The van der Waals surface area contributed by atoms with Gasteiger partial charge in [-0.15, -0.1) is 0 Å². The third-order valence-electron chi connectivity index (χ3n) is 2.55. The fourth-order valence-corrected chi connectivity index (χ4v) is 1.72. The SMILES string of the molecule is CCc1nc([C@@H]2CCCNC2)n[nH]1. The summed E-state index contributed by atoms with van der Waals surface area (Å²) >= 11 is 0. The molecule has 4 nitrogen and oxygen atoms in total. The van der Waals surface area contributed by atoms with Crippen LogP contribution in [0.5, 0.6) is 0 Å². The van der Waals surface area contributed by atoms with Gasteiger partial charge in [0.15, 0.2) is 5.82 Å². The molecule has 0 unspecified atom stereocenters. The molecule has 1 aliphatic rings. The summed E-state index contributed by atoms with van der Waals surface area (Å²) in [6, 6.07) is 0. The summed E-state index contributed by atoms with van der Waals surface area (Å²) in [5, 5.41) is 10.6. The van der Waals surface area contributed by atoms with Crippen LogP contribution in [0.1, 0.15) is 37.3 Å². The minimum absolute atomic E-state index is 0.519. The molecule has 2 rings (SSSR count). The van der Waals surface area contributed by atoms with Crippen LogP contribution < -0.4 is 5.32 Å². The Morgan fingerprint density at radius 1 is 1.54 bits per heavy atom. The van der Waals surface area contributed by atoms with Gasteiger partial charge in [0.25, 0.3) is 0 Å². The van der Waals surface area contributed by atoms with Gasteiger partial charge >= 0.3 is 0 Å². The Labute approximate surface area is 78.1 Å². The van der Waals surface area contributed by atoms with Gasteiger partial charge in [0, 0.05) is 18.9 Å². The summed E-state index contributed by atoms with van der Waals surface area (Å²) in [5.74, 6) is 2.51.